The topological polar surface area (TPSA) is 36.7 Å². The van der Waals surface area contributed by atoms with Crippen molar-refractivity contribution in [3.05, 3.63) is 35.7 Å². The van der Waals surface area contributed by atoms with Crippen LogP contribution in [0.1, 0.15) is 5.56 Å². The van der Waals surface area contributed by atoms with E-state index in [0.29, 0.717) is 0 Å². The molecule has 0 spiro atoms. The largest absolute Gasteiger partial charge is 0.216 e. The van der Waals surface area contributed by atoms with Crippen LogP contribution >= 0.6 is 0 Å². The third-order valence-electron chi connectivity index (χ3n) is 1.14. The van der Waals surface area contributed by atoms with Crippen LogP contribution in [0.4, 0.5) is 8.78 Å². The first-order chi connectivity index (χ1) is 5.72. The molecule has 0 aromatic carbocycles. The molecule has 4 heteroatoms. The Morgan fingerprint density at radius 1 is 1.33 bits per heavy atom. The summed E-state index contributed by atoms with van der Waals surface area (Å²) in [6, 6.07) is 3.79. The standard InChI is InChI=1S/C8H4F2N2/c9-7-4-6(2-1-3-11)5-8(10)12-7/h1-2,4-5H. The third kappa shape index (κ3) is 2.13. The molecule has 0 radical (unpaired) electrons. The number of aromatic nitrogens is 1. The van der Waals surface area contributed by atoms with Gasteiger partial charge in [-0.05, 0) is 11.6 Å². The molecule has 0 saturated carbocycles. The fourth-order valence-corrected chi connectivity index (χ4v) is 0.713. The number of hydrogen-bond donors (Lipinski definition) is 0. The predicted octanol–water partition coefficient (Wildman–Crippen LogP) is 1.90. The van der Waals surface area contributed by atoms with Crippen LogP contribution in [0.5, 0.6) is 0 Å². The normalized spacial score (nSPS) is 10.1. The fourth-order valence-electron chi connectivity index (χ4n) is 0.713. The summed E-state index contributed by atoms with van der Waals surface area (Å²) >= 11 is 0. The van der Waals surface area contributed by atoms with E-state index in [2.05, 4.69) is 4.98 Å². The van der Waals surface area contributed by atoms with Crippen LogP contribution in [0.25, 0.3) is 6.08 Å². The van der Waals surface area contributed by atoms with Gasteiger partial charge in [-0.2, -0.15) is 19.0 Å². The minimum Gasteiger partial charge on any atom is -0.193 e. The van der Waals surface area contributed by atoms with Gasteiger partial charge in [0, 0.05) is 18.2 Å². The van der Waals surface area contributed by atoms with Gasteiger partial charge in [0.1, 0.15) is 0 Å². The van der Waals surface area contributed by atoms with E-state index < -0.39 is 11.9 Å². The highest BCUT2D eigenvalue weighted by Crippen LogP contribution is 2.05. The summed E-state index contributed by atoms with van der Waals surface area (Å²) in [5.41, 5.74) is 0.279. The first kappa shape index (κ1) is 8.34. The van der Waals surface area contributed by atoms with Crippen molar-refractivity contribution in [1.82, 2.24) is 4.98 Å². The molecule has 0 saturated heterocycles. The van der Waals surface area contributed by atoms with E-state index in [-0.39, 0.29) is 5.56 Å². The van der Waals surface area contributed by atoms with Crippen molar-refractivity contribution in [2.45, 2.75) is 0 Å². The summed E-state index contributed by atoms with van der Waals surface area (Å²) in [6.07, 6.45) is 2.43. The highest BCUT2D eigenvalue weighted by atomic mass is 19.1. The van der Waals surface area contributed by atoms with Crippen molar-refractivity contribution in [2.24, 2.45) is 0 Å². The van der Waals surface area contributed by atoms with Crippen LogP contribution in [0.2, 0.25) is 0 Å². The van der Waals surface area contributed by atoms with Crippen molar-refractivity contribution >= 4 is 6.08 Å². The average molecular weight is 166 g/mol. The lowest BCUT2D eigenvalue weighted by atomic mass is 10.2. The summed E-state index contributed by atoms with van der Waals surface area (Å²) in [7, 11) is 0. The minimum absolute atomic E-state index is 0.279. The molecule has 60 valence electrons. The van der Waals surface area contributed by atoms with Crippen molar-refractivity contribution in [2.75, 3.05) is 0 Å². The zero-order valence-electron chi connectivity index (χ0n) is 5.96. The molecule has 0 bridgehead atoms. The molecule has 12 heavy (non-hydrogen) atoms. The molecule has 0 aliphatic carbocycles. The molecule has 1 rings (SSSR count). The van der Waals surface area contributed by atoms with Crippen LogP contribution in [0.3, 0.4) is 0 Å². The van der Waals surface area contributed by atoms with Crippen molar-refractivity contribution in [3.8, 4) is 6.07 Å². The van der Waals surface area contributed by atoms with E-state index >= 15 is 0 Å². The molecule has 1 heterocycles. The second kappa shape index (κ2) is 3.58. The Bertz CT molecular complexity index is 332. The number of allylic oxidation sites excluding steroid dienone is 1. The molecule has 0 aliphatic heterocycles. The molecular formula is C8H4F2N2. The number of rotatable bonds is 1. The predicted molar refractivity (Wildman–Crippen MR) is 38.8 cm³/mol. The quantitative estimate of drug-likeness (QED) is 0.472. The van der Waals surface area contributed by atoms with Gasteiger partial charge >= 0.3 is 0 Å². The smallest absolute Gasteiger partial charge is 0.193 e. The van der Waals surface area contributed by atoms with E-state index in [1.165, 1.54) is 6.08 Å². The summed E-state index contributed by atoms with van der Waals surface area (Å²) in [5.74, 6) is -1.79. The second-order valence-electron chi connectivity index (χ2n) is 2.01. The van der Waals surface area contributed by atoms with Gasteiger partial charge in [0.05, 0.1) is 6.07 Å². The van der Waals surface area contributed by atoms with Crippen LogP contribution in [-0.2, 0) is 0 Å². The number of hydrogen-bond acceptors (Lipinski definition) is 2. The van der Waals surface area contributed by atoms with Gasteiger partial charge in [-0.15, -0.1) is 0 Å². The maximum absolute atomic E-state index is 12.4. The zero-order valence-corrected chi connectivity index (χ0v) is 5.96. The van der Waals surface area contributed by atoms with E-state index in [4.69, 9.17) is 5.26 Å². The van der Waals surface area contributed by atoms with Crippen LogP contribution in [0, 0.1) is 23.2 Å². The van der Waals surface area contributed by atoms with Gasteiger partial charge in [-0.1, -0.05) is 0 Å². The molecule has 0 fully saturated rings. The van der Waals surface area contributed by atoms with Gasteiger partial charge < -0.3 is 0 Å². The zero-order chi connectivity index (χ0) is 8.97. The Hall–Kier alpha value is -1.76. The van der Waals surface area contributed by atoms with Gasteiger partial charge in [0.2, 0.25) is 11.9 Å². The lowest BCUT2D eigenvalue weighted by Gasteiger charge is -1.92. The molecule has 0 amide bonds. The summed E-state index contributed by atoms with van der Waals surface area (Å²) in [4.78, 5) is 2.89. The maximum Gasteiger partial charge on any atom is 0.216 e. The number of halogens is 2. The first-order valence-corrected chi connectivity index (χ1v) is 3.11. The van der Waals surface area contributed by atoms with Gasteiger partial charge in [-0.3, -0.25) is 0 Å². The Balaban J connectivity index is 3.03. The monoisotopic (exact) mass is 166 g/mol. The molecule has 0 atom stereocenters. The molecule has 2 nitrogen and oxygen atoms in total. The third-order valence-corrected chi connectivity index (χ3v) is 1.14. The minimum atomic E-state index is -0.896. The molecule has 1 aromatic heterocycles. The summed E-state index contributed by atoms with van der Waals surface area (Å²) < 4.78 is 24.8. The summed E-state index contributed by atoms with van der Waals surface area (Å²) in [5, 5.41) is 8.13. The molecule has 0 N–H and O–H groups in total. The van der Waals surface area contributed by atoms with E-state index in [9.17, 15) is 8.78 Å². The lowest BCUT2D eigenvalue weighted by molar-refractivity contribution is 0.512. The number of nitrogens with zero attached hydrogens (tertiary/aromatic N) is 2. The average Bonchev–Trinajstić information content (AvgIpc) is 1.99. The van der Waals surface area contributed by atoms with Crippen LogP contribution < -0.4 is 0 Å². The SMILES string of the molecule is N#CC=Cc1cc(F)nc(F)c1. The summed E-state index contributed by atoms with van der Waals surface area (Å²) in [6.45, 7) is 0. The fraction of sp³-hybridized carbons (Fsp3) is 0. The van der Waals surface area contributed by atoms with Gasteiger partial charge in [0.15, 0.2) is 0 Å². The van der Waals surface area contributed by atoms with Crippen molar-refractivity contribution < 1.29 is 8.78 Å². The van der Waals surface area contributed by atoms with E-state index in [0.717, 1.165) is 18.2 Å². The molecular weight excluding hydrogens is 162 g/mol. The Kier molecular flexibility index (Phi) is 2.49. The Morgan fingerprint density at radius 2 is 1.92 bits per heavy atom. The second-order valence-corrected chi connectivity index (χ2v) is 2.01. The highest BCUT2D eigenvalue weighted by Gasteiger charge is 1.97. The number of nitriles is 1. The maximum atomic E-state index is 12.4. The van der Waals surface area contributed by atoms with Crippen LogP contribution in [0.15, 0.2) is 18.2 Å². The van der Waals surface area contributed by atoms with E-state index in [1.54, 1.807) is 6.07 Å². The van der Waals surface area contributed by atoms with Crippen molar-refractivity contribution in [1.29, 1.82) is 5.26 Å². The number of pyridine rings is 1. The molecule has 1 aromatic rings. The Labute approximate surface area is 67.8 Å². The van der Waals surface area contributed by atoms with Gasteiger partial charge in [0.25, 0.3) is 0 Å². The van der Waals surface area contributed by atoms with Gasteiger partial charge in [-0.25, -0.2) is 0 Å². The molecule has 0 aliphatic rings. The highest BCUT2D eigenvalue weighted by molar-refractivity contribution is 5.50. The van der Waals surface area contributed by atoms with Crippen molar-refractivity contribution in [3.63, 3.8) is 0 Å². The lowest BCUT2D eigenvalue weighted by Crippen LogP contribution is -1.88. The Morgan fingerprint density at radius 3 is 2.42 bits per heavy atom. The molecule has 0 unspecified atom stereocenters. The first-order valence-electron chi connectivity index (χ1n) is 3.11. The van der Waals surface area contributed by atoms with Crippen LogP contribution in [-0.4, -0.2) is 4.98 Å². The van der Waals surface area contributed by atoms with E-state index in [1.807, 2.05) is 0 Å².